The van der Waals surface area contributed by atoms with Gasteiger partial charge < -0.3 is 15.4 Å². The molecule has 0 aliphatic carbocycles. The van der Waals surface area contributed by atoms with Crippen molar-refractivity contribution in [1.29, 1.82) is 0 Å². The van der Waals surface area contributed by atoms with Crippen molar-refractivity contribution in [2.24, 2.45) is 0 Å². The standard InChI is InChI=1S/C21H21N3O3S/c1-14(25)23-17-8-6-15(7-9-17)19-13-28-20(24-19)10-11-22-21(26)16-4-3-5-18(12-16)27-2/h3-9,12-13H,10-11H2,1-2H3,(H,22,26)(H,23,25). The first-order valence-corrected chi connectivity index (χ1v) is 9.68. The van der Waals surface area contributed by atoms with Crippen molar-refractivity contribution in [3.05, 3.63) is 64.5 Å². The molecule has 0 aliphatic heterocycles. The summed E-state index contributed by atoms with van der Waals surface area (Å²) in [4.78, 5) is 27.9. The number of ether oxygens (including phenoxy) is 1. The van der Waals surface area contributed by atoms with E-state index in [0.29, 0.717) is 24.3 Å². The molecule has 0 atom stereocenters. The maximum Gasteiger partial charge on any atom is 0.251 e. The molecule has 0 fully saturated rings. The lowest BCUT2D eigenvalue weighted by Crippen LogP contribution is -2.25. The number of hydrogen-bond acceptors (Lipinski definition) is 5. The Morgan fingerprint density at radius 1 is 1.14 bits per heavy atom. The average Bonchev–Trinajstić information content (AvgIpc) is 3.17. The fourth-order valence-electron chi connectivity index (χ4n) is 2.64. The Labute approximate surface area is 167 Å². The number of thiazole rings is 1. The number of hydrogen-bond donors (Lipinski definition) is 2. The summed E-state index contributed by atoms with van der Waals surface area (Å²) in [5.41, 5.74) is 3.19. The van der Waals surface area contributed by atoms with Gasteiger partial charge >= 0.3 is 0 Å². The zero-order valence-corrected chi connectivity index (χ0v) is 16.5. The van der Waals surface area contributed by atoms with Gasteiger partial charge in [0.1, 0.15) is 5.75 Å². The molecule has 0 spiro atoms. The first-order valence-electron chi connectivity index (χ1n) is 8.80. The predicted octanol–water partition coefficient (Wildman–Crippen LogP) is 3.75. The minimum absolute atomic E-state index is 0.0975. The number of benzene rings is 2. The normalized spacial score (nSPS) is 10.4. The lowest BCUT2D eigenvalue weighted by Gasteiger charge is -2.06. The molecule has 2 aromatic carbocycles. The Balaban J connectivity index is 1.54. The summed E-state index contributed by atoms with van der Waals surface area (Å²) in [6.07, 6.45) is 0.657. The number of nitrogens with one attached hydrogen (secondary N) is 2. The van der Waals surface area contributed by atoms with Crippen LogP contribution >= 0.6 is 11.3 Å². The number of rotatable bonds is 7. The van der Waals surface area contributed by atoms with Gasteiger partial charge in [-0.15, -0.1) is 11.3 Å². The van der Waals surface area contributed by atoms with E-state index in [-0.39, 0.29) is 11.8 Å². The summed E-state index contributed by atoms with van der Waals surface area (Å²) in [6, 6.07) is 14.6. The van der Waals surface area contributed by atoms with E-state index in [1.807, 2.05) is 29.6 Å². The van der Waals surface area contributed by atoms with Gasteiger partial charge in [-0.05, 0) is 30.3 Å². The molecule has 28 heavy (non-hydrogen) atoms. The van der Waals surface area contributed by atoms with Crippen LogP contribution in [0.2, 0.25) is 0 Å². The minimum Gasteiger partial charge on any atom is -0.497 e. The van der Waals surface area contributed by atoms with Crippen LogP contribution in [0.3, 0.4) is 0 Å². The number of amides is 2. The van der Waals surface area contributed by atoms with Gasteiger partial charge in [0.05, 0.1) is 17.8 Å². The molecule has 0 radical (unpaired) electrons. The van der Waals surface area contributed by atoms with Gasteiger partial charge in [-0.3, -0.25) is 9.59 Å². The van der Waals surface area contributed by atoms with E-state index in [1.165, 1.54) is 6.92 Å². The van der Waals surface area contributed by atoms with E-state index >= 15 is 0 Å². The smallest absolute Gasteiger partial charge is 0.251 e. The molecule has 3 rings (SSSR count). The molecule has 2 N–H and O–H groups in total. The minimum atomic E-state index is -0.135. The van der Waals surface area contributed by atoms with Crippen LogP contribution in [0, 0.1) is 0 Å². The van der Waals surface area contributed by atoms with Crippen molar-refractivity contribution in [2.75, 3.05) is 19.0 Å². The molecule has 3 aromatic rings. The number of methoxy groups -OCH3 is 1. The van der Waals surface area contributed by atoms with Gasteiger partial charge in [0.15, 0.2) is 0 Å². The van der Waals surface area contributed by atoms with E-state index in [2.05, 4.69) is 15.6 Å². The second-order valence-electron chi connectivity index (χ2n) is 6.12. The highest BCUT2D eigenvalue weighted by molar-refractivity contribution is 7.09. The van der Waals surface area contributed by atoms with Gasteiger partial charge in [0.25, 0.3) is 5.91 Å². The molecule has 0 saturated heterocycles. The third-order valence-corrected chi connectivity index (χ3v) is 4.92. The highest BCUT2D eigenvalue weighted by Crippen LogP contribution is 2.23. The molecule has 1 aromatic heterocycles. The lowest BCUT2D eigenvalue weighted by molar-refractivity contribution is -0.114. The summed E-state index contributed by atoms with van der Waals surface area (Å²) in [5.74, 6) is 0.422. The predicted molar refractivity (Wildman–Crippen MR) is 111 cm³/mol. The molecule has 2 amide bonds. The Morgan fingerprint density at radius 2 is 1.93 bits per heavy atom. The molecular formula is C21H21N3O3S. The van der Waals surface area contributed by atoms with Crippen LogP contribution in [-0.4, -0.2) is 30.5 Å². The molecule has 0 saturated carbocycles. The Kier molecular flexibility index (Phi) is 6.39. The van der Waals surface area contributed by atoms with Crippen LogP contribution in [0.25, 0.3) is 11.3 Å². The van der Waals surface area contributed by atoms with E-state index < -0.39 is 0 Å². The summed E-state index contributed by atoms with van der Waals surface area (Å²) in [6.45, 7) is 1.98. The lowest BCUT2D eigenvalue weighted by atomic mass is 10.1. The first-order chi connectivity index (χ1) is 13.5. The third kappa shape index (κ3) is 5.17. The Bertz CT molecular complexity index is 967. The molecule has 0 unspecified atom stereocenters. The molecule has 1 heterocycles. The second kappa shape index (κ2) is 9.14. The van der Waals surface area contributed by atoms with Crippen LogP contribution < -0.4 is 15.4 Å². The third-order valence-electron chi connectivity index (χ3n) is 4.01. The van der Waals surface area contributed by atoms with Crippen molar-refractivity contribution < 1.29 is 14.3 Å². The molecule has 6 nitrogen and oxygen atoms in total. The van der Waals surface area contributed by atoms with Gasteiger partial charge in [-0.2, -0.15) is 0 Å². The van der Waals surface area contributed by atoms with Crippen LogP contribution in [-0.2, 0) is 11.2 Å². The van der Waals surface area contributed by atoms with Gasteiger partial charge in [0.2, 0.25) is 5.91 Å². The van der Waals surface area contributed by atoms with E-state index in [1.54, 1.807) is 42.7 Å². The van der Waals surface area contributed by atoms with E-state index in [0.717, 1.165) is 22.0 Å². The van der Waals surface area contributed by atoms with Crippen LogP contribution in [0.5, 0.6) is 5.75 Å². The number of anilines is 1. The van der Waals surface area contributed by atoms with E-state index in [9.17, 15) is 9.59 Å². The van der Waals surface area contributed by atoms with Gasteiger partial charge in [-0.1, -0.05) is 18.2 Å². The maximum absolute atomic E-state index is 12.2. The van der Waals surface area contributed by atoms with Gasteiger partial charge in [0, 0.05) is 42.1 Å². The van der Waals surface area contributed by atoms with Gasteiger partial charge in [-0.25, -0.2) is 4.98 Å². The molecule has 0 bridgehead atoms. The summed E-state index contributed by atoms with van der Waals surface area (Å²) < 4.78 is 5.14. The van der Waals surface area contributed by atoms with Crippen LogP contribution in [0.15, 0.2) is 53.9 Å². The van der Waals surface area contributed by atoms with Crippen molar-refractivity contribution in [3.63, 3.8) is 0 Å². The highest BCUT2D eigenvalue weighted by Gasteiger charge is 2.08. The molecular weight excluding hydrogens is 374 g/mol. The number of nitrogens with zero attached hydrogens (tertiary/aromatic N) is 1. The summed E-state index contributed by atoms with van der Waals surface area (Å²) >= 11 is 1.56. The maximum atomic E-state index is 12.2. The first kappa shape index (κ1) is 19.6. The molecule has 7 heteroatoms. The molecule has 144 valence electrons. The van der Waals surface area contributed by atoms with Crippen molar-refractivity contribution in [1.82, 2.24) is 10.3 Å². The largest absolute Gasteiger partial charge is 0.497 e. The topological polar surface area (TPSA) is 80.3 Å². The quantitative estimate of drug-likeness (QED) is 0.638. The fraction of sp³-hybridized carbons (Fsp3) is 0.190. The second-order valence-corrected chi connectivity index (χ2v) is 7.07. The molecule has 0 aliphatic rings. The van der Waals surface area contributed by atoms with Crippen molar-refractivity contribution in [3.8, 4) is 17.0 Å². The summed E-state index contributed by atoms with van der Waals surface area (Å²) in [7, 11) is 1.57. The number of carbonyl (C=O) groups is 2. The zero-order valence-electron chi connectivity index (χ0n) is 15.7. The zero-order chi connectivity index (χ0) is 19.9. The van der Waals surface area contributed by atoms with Crippen molar-refractivity contribution >= 4 is 28.8 Å². The fourth-order valence-corrected chi connectivity index (χ4v) is 3.44. The number of aromatic nitrogens is 1. The summed E-state index contributed by atoms with van der Waals surface area (Å²) in [5, 5.41) is 8.59. The highest BCUT2D eigenvalue weighted by atomic mass is 32.1. The van der Waals surface area contributed by atoms with Crippen LogP contribution in [0.1, 0.15) is 22.3 Å². The SMILES string of the molecule is COc1cccc(C(=O)NCCc2nc(-c3ccc(NC(C)=O)cc3)cs2)c1. The Hall–Kier alpha value is -3.19. The number of carbonyl (C=O) groups excluding carboxylic acids is 2. The van der Waals surface area contributed by atoms with E-state index in [4.69, 9.17) is 4.74 Å². The Morgan fingerprint density at radius 3 is 2.64 bits per heavy atom. The average molecular weight is 395 g/mol. The monoisotopic (exact) mass is 395 g/mol. The van der Waals surface area contributed by atoms with Crippen molar-refractivity contribution in [2.45, 2.75) is 13.3 Å². The van der Waals surface area contributed by atoms with Crippen LogP contribution in [0.4, 0.5) is 5.69 Å².